The molecule has 2 aromatic rings. The average molecular weight is 259 g/mol. The third-order valence-corrected chi connectivity index (χ3v) is 3.43. The molecule has 1 aliphatic carbocycles. The number of nitrogen functional groups attached to an aromatic ring is 1. The van der Waals surface area contributed by atoms with E-state index in [0.29, 0.717) is 11.9 Å². The van der Waals surface area contributed by atoms with Gasteiger partial charge in [0.1, 0.15) is 11.6 Å². The van der Waals surface area contributed by atoms with Crippen molar-refractivity contribution in [3.05, 3.63) is 30.5 Å². The first kappa shape index (κ1) is 13.6. The number of hydrogen-bond donors (Lipinski definition) is 3. The highest BCUT2D eigenvalue weighted by atomic mass is 16.3. The van der Waals surface area contributed by atoms with Gasteiger partial charge in [-0.15, -0.1) is 0 Å². The molecule has 0 bridgehead atoms. The SMILES string of the molecule is NC1CCCCC1.Nc1nccc2cc(O)ccc12. The number of rotatable bonds is 0. The van der Waals surface area contributed by atoms with Gasteiger partial charge in [-0.25, -0.2) is 4.98 Å². The Balaban J connectivity index is 0.000000163. The van der Waals surface area contributed by atoms with Crippen LogP contribution in [0.4, 0.5) is 5.82 Å². The molecule has 0 aliphatic heterocycles. The van der Waals surface area contributed by atoms with Crippen molar-refractivity contribution < 1.29 is 5.11 Å². The minimum absolute atomic E-state index is 0.244. The molecular weight excluding hydrogens is 238 g/mol. The molecule has 0 saturated heterocycles. The van der Waals surface area contributed by atoms with Crippen molar-refractivity contribution >= 4 is 16.6 Å². The molecule has 3 rings (SSSR count). The zero-order chi connectivity index (χ0) is 13.7. The summed E-state index contributed by atoms with van der Waals surface area (Å²) in [5, 5.41) is 10.9. The van der Waals surface area contributed by atoms with Crippen LogP contribution in [0.3, 0.4) is 0 Å². The van der Waals surface area contributed by atoms with Crippen LogP contribution in [-0.2, 0) is 0 Å². The number of fused-ring (bicyclic) bond motifs is 1. The maximum Gasteiger partial charge on any atom is 0.131 e. The van der Waals surface area contributed by atoms with Gasteiger partial charge in [0.05, 0.1) is 0 Å². The lowest BCUT2D eigenvalue weighted by atomic mass is 9.97. The Hall–Kier alpha value is -1.81. The van der Waals surface area contributed by atoms with E-state index in [1.807, 2.05) is 6.07 Å². The predicted molar refractivity (Wildman–Crippen MR) is 78.9 cm³/mol. The Kier molecular flexibility index (Phi) is 4.58. The van der Waals surface area contributed by atoms with E-state index in [2.05, 4.69) is 4.98 Å². The molecule has 102 valence electrons. The number of hydrogen-bond acceptors (Lipinski definition) is 4. The molecule has 4 nitrogen and oxygen atoms in total. The minimum atomic E-state index is 0.244. The summed E-state index contributed by atoms with van der Waals surface area (Å²) in [5.74, 6) is 0.737. The first-order chi connectivity index (χ1) is 9.16. The molecule has 1 aliphatic rings. The van der Waals surface area contributed by atoms with Gasteiger partial charge >= 0.3 is 0 Å². The maximum atomic E-state index is 9.16. The number of aromatic hydroxyl groups is 1. The van der Waals surface area contributed by atoms with Crippen LogP contribution in [0.1, 0.15) is 32.1 Å². The van der Waals surface area contributed by atoms with E-state index in [-0.39, 0.29) is 5.75 Å². The van der Waals surface area contributed by atoms with E-state index in [9.17, 15) is 0 Å². The van der Waals surface area contributed by atoms with Gasteiger partial charge in [0.2, 0.25) is 0 Å². The summed E-state index contributed by atoms with van der Waals surface area (Å²) in [5.41, 5.74) is 11.2. The number of phenols is 1. The molecular formula is C15H21N3O. The Morgan fingerprint density at radius 3 is 2.47 bits per heavy atom. The van der Waals surface area contributed by atoms with Crippen LogP contribution in [-0.4, -0.2) is 16.1 Å². The highest BCUT2D eigenvalue weighted by Gasteiger charge is 2.06. The van der Waals surface area contributed by atoms with Gasteiger partial charge in [0.25, 0.3) is 0 Å². The summed E-state index contributed by atoms with van der Waals surface area (Å²) in [4.78, 5) is 3.93. The van der Waals surface area contributed by atoms with Crippen LogP contribution >= 0.6 is 0 Å². The van der Waals surface area contributed by atoms with Crippen LogP contribution in [0.25, 0.3) is 10.8 Å². The van der Waals surface area contributed by atoms with E-state index in [1.165, 1.54) is 32.1 Å². The molecule has 0 atom stereocenters. The second-order valence-electron chi connectivity index (χ2n) is 5.00. The number of benzene rings is 1. The van der Waals surface area contributed by atoms with Crippen molar-refractivity contribution in [3.63, 3.8) is 0 Å². The molecule has 1 saturated carbocycles. The zero-order valence-corrected chi connectivity index (χ0v) is 11.0. The molecule has 1 fully saturated rings. The summed E-state index contributed by atoms with van der Waals surface area (Å²) in [6, 6.07) is 7.36. The van der Waals surface area contributed by atoms with Gasteiger partial charge in [-0.2, -0.15) is 0 Å². The van der Waals surface area contributed by atoms with Crippen molar-refractivity contribution in [1.82, 2.24) is 4.98 Å². The van der Waals surface area contributed by atoms with Crippen molar-refractivity contribution in [1.29, 1.82) is 0 Å². The van der Waals surface area contributed by atoms with Crippen molar-refractivity contribution in [2.75, 3.05) is 5.73 Å². The predicted octanol–water partition coefficient (Wildman–Crippen LogP) is 2.80. The second-order valence-corrected chi connectivity index (χ2v) is 5.00. The minimum Gasteiger partial charge on any atom is -0.508 e. The summed E-state index contributed by atoms with van der Waals surface area (Å²) < 4.78 is 0. The zero-order valence-electron chi connectivity index (χ0n) is 11.0. The summed E-state index contributed by atoms with van der Waals surface area (Å²) in [7, 11) is 0. The molecule has 0 radical (unpaired) electrons. The van der Waals surface area contributed by atoms with Gasteiger partial charge in [-0.05, 0) is 42.5 Å². The van der Waals surface area contributed by atoms with Gasteiger partial charge in [-0.3, -0.25) is 0 Å². The quantitative estimate of drug-likeness (QED) is 0.679. The normalized spacial score (nSPS) is 15.8. The third kappa shape index (κ3) is 3.83. The van der Waals surface area contributed by atoms with Crippen LogP contribution in [0.15, 0.2) is 30.5 Å². The monoisotopic (exact) mass is 259 g/mol. The number of aromatic nitrogens is 1. The van der Waals surface area contributed by atoms with Crippen LogP contribution in [0, 0.1) is 0 Å². The number of pyridine rings is 1. The van der Waals surface area contributed by atoms with Crippen LogP contribution in [0.2, 0.25) is 0 Å². The average Bonchev–Trinajstić information content (AvgIpc) is 2.40. The first-order valence-corrected chi connectivity index (χ1v) is 6.75. The number of nitrogens with zero attached hydrogens (tertiary/aromatic N) is 1. The first-order valence-electron chi connectivity index (χ1n) is 6.75. The number of phenolic OH excluding ortho intramolecular Hbond substituents is 1. The second kappa shape index (κ2) is 6.38. The smallest absolute Gasteiger partial charge is 0.131 e. The Morgan fingerprint density at radius 2 is 1.84 bits per heavy atom. The Labute approximate surface area is 113 Å². The van der Waals surface area contributed by atoms with Gasteiger partial charge in [0.15, 0.2) is 0 Å². The number of nitrogens with two attached hydrogens (primary N) is 2. The molecule has 19 heavy (non-hydrogen) atoms. The Morgan fingerprint density at radius 1 is 1.11 bits per heavy atom. The lowest BCUT2D eigenvalue weighted by Crippen LogP contribution is -2.22. The molecule has 0 unspecified atom stereocenters. The molecule has 1 aromatic heterocycles. The fourth-order valence-corrected chi connectivity index (χ4v) is 2.32. The standard InChI is InChI=1S/C9H8N2O.C6H13N/c10-9-8-2-1-7(12)5-6(8)3-4-11-9;7-6-4-2-1-3-5-6/h1-5,12H,(H2,10,11);6H,1-5,7H2. The van der Waals surface area contributed by atoms with Crippen molar-refractivity contribution in [3.8, 4) is 5.75 Å². The maximum absolute atomic E-state index is 9.16. The topological polar surface area (TPSA) is 85.2 Å². The van der Waals surface area contributed by atoms with Gasteiger partial charge in [0, 0.05) is 17.6 Å². The van der Waals surface area contributed by atoms with Crippen LogP contribution in [0.5, 0.6) is 5.75 Å². The molecule has 0 amide bonds. The molecule has 1 heterocycles. The lowest BCUT2D eigenvalue weighted by Gasteiger charge is -2.15. The molecule has 0 spiro atoms. The highest BCUT2D eigenvalue weighted by molar-refractivity contribution is 5.91. The fourth-order valence-electron chi connectivity index (χ4n) is 2.32. The van der Waals surface area contributed by atoms with Gasteiger partial charge in [-0.1, -0.05) is 19.3 Å². The summed E-state index contributed by atoms with van der Waals surface area (Å²) in [6.45, 7) is 0. The lowest BCUT2D eigenvalue weighted by molar-refractivity contribution is 0.441. The van der Waals surface area contributed by atoms with E-state index < -0.39 is 0 Å². The summed E-state index contributed by atoms with van der Waals surface area (Å²) in [6.07, 6.45) is 8.28. The molecule has 4 heteroatoms. The van der Waals surface area contributed by atoms with E-state index in [4.69, 9.17) is 16.6 Å². The molecule has 1 aromatic carbocycles. The van der Waals surface area contributed by atoms with E-state index >= 15 is 0 Å². The third-order valence-electron chi connectivity index (χ3n) is 3.43. The largest absolute Gasteiger partial charge is 0.508 e. The molecule has 5 N–H and O–H groups in total. The van der Waals surface area contributed by atoms with Crippen LogP contribution < -0.4 is 11.5 Å². The summed E-state index contributed by atoms with van der Waals surface area (Å²) >= 11 is 0. The van der Waals surface area contributed by atoms with E-state index in [1.54, 1.807) is 24.4 Å². The van der Waals surface area contributed by atoms with Crippen molar-refractivity contribution in [2.45, 2.75) is 38.1 Å². The van der Waals surface area contributed by atoms with E-state index in [0.717, 1.165) is 10.8 Å². The van der Waals surface area contributed by atoms with Gasteiger partial charge < -0.3 is 16.6 Å². The van der Waals surface area contributed by atoms with Crippen molar-refractivity contribution in [2.24, 2.45) is 5.73 Å². The number of anilines is 1. The Bertz CT molecular complexity index is 536. The highest BCUT2D eigenvalue weighted by Crippen LogP contribution is 2.22. The fraction of sp³-hybridized carbons (Fsp3) is 0.400.